The highest BCUT2D eigenvalue weighted by atomic mass is 16.2. The number of benzene rings is 1. The third-order valence-electron chi connectivity index (χ3n) is 3.82. The molecule has 0 saturated heterocycles. The predicted octanol–water partition coefficient (Wildman–Crippen LogP) is 1.56. The fourth-order valence-corrected chi connectivity index (χ4v) is 2.65. The van der Waals surface area contributed by atoms with Gasteiger partial charge in [-0.15, -0.1) is 0 Å². The minimum Gasteiger partial charge on any atom is -0.349 e. The molecule has 0 aliphatic carbocycles. The second kappa shape index (κ2) is 5.69. The molecule has 2 aromatic heterocycles. The van der Waals surface area contributed by atoms with E-state index in [9.17, 15) is 9.59 Å². The second-order valence-corrected chi connectivity index (χ2v) is 5.40. The van der Waals surface area contributed by atoms with Crippen LogP contribution in [0.5, 0.6) is 0 Å². The van der Waals surface area contributed by atoms with Crippen molar-refractivity contribution in [1.29, 1.82) is 0 Å². The zero-order chi connectivity index (χ0) is 16.5. The molecule has 4 rings (SSSR count). The summed E-state index contributed by atoms with van der Waals surface area (Å²) in [5.41, 5.74) is 3.10. The Morgan fingerprint density at radius 1 is 1.17 bits per heavy atom. The highest BCUT2D eigenvalue weighted by Gasteiger charge is 2.20. The number of nitrogens with zero attached hydrogens (tertiary/aromatic N) is 4. The standard InChI is InChI=1S/C17H13N5O2/c23-10-11-2-1-3-12(8-11)16-18-5-4-13(20-16)14-9-15-17(24)19-6-7-22(15)21-14/h1-5,8-10H,6-7H2,(H,19,24). The molecule has 0 spiro atoms. The van der Waals surface area contributed by atoms with E-state index in [-0.39, 0.29) is 5.91 Å². The van der Waals surface area contributed by atoms with Crippen molar-refractivity contribution in [2.45, 2.75) is 6.54 Å². The van der Waals surface area contributed by atoms with E-state index in [2.05, 4.69) is 20.4 Å². The van der Waals surface area contributed by atoms with Crippen LogP contribution in [0, 0.1) is 0 Å². The van der Waals surface area contributed by atoms with Gasteiger partial charge in [-0.05, 0) is 18.2 Å². The normalized spacial score (nSPS) is 13.2. The smallest absolute Gasteiger partial charge is 0.269 e. The van der Waals surface area contributed by atoms with Crippen molar-refractivity contribution in [1.82, 2.24) is 25.1 Å². The molecule has 118 valence electrons. The van der Waals surface area contributed by atoms with Crippen LogP contribution in [0.15, 0.2) is 42.6 Å². The molecule has 0 bridgehead atoms. The van der Waals surface area contributed by atoms with Gasteiger partial charge in [-0.1, -0.05) is 18.2 Å². The Morgan fingerprint density at radius 2 is 2.08 bits per heavy atom. The molecule has 0 unspecified atom stereocenters. The molecule has 1 aliphatic heterocycles. The summed E-state index contributed by atoms with van der Waals surface area (Å²) in [6.07, 6.45) is 2.43. The van der Waals surface area contributed by atoms with Crippen LogP contribution in [0.4, 0.5) is 0 Å². The van der Waals surface area contributed by atoms with Crippen LogP contribution in [-0.2, 0) is 6.54 Å². The largest absolute Gasteiger partial charge is 0.349 e. The van der Waals surface area contributed by atoms with E-state index in [4.69, 9.17) is 0 Å². The minimum absolute atomic E-state index is 0.132. The van der Waals surface area contributed by atoms with Crippen LogP contribution in [0.1, 0.15) is 20.8 Å². The second-order valence-electron chi connectivity index (χ2n) is 5.40. The summed E-state index contributed by atoms with van der Waals surface area (Å²) in [4.78, 5) is 31.6. The summed E-state index contributed by atoms with van der Waals surface area (Å²) in [6, 6.07) is 10.6. The number of carbonyl (C=O) groups is 2. The maximum Gasteiger partial charge on any atom is 0.269 e. The molecule has 1 aromatic carbocycles. The minimum atomic E-state index is -0.132. The molecule has 7 heteroatoms. The van der Waals surface area contributed by atoms with Gasteiger partial charge in [0, 0.05) is 23.9 Å². The number of amides is 1. The topological polar surface area (TPSA) is 89.8 Å². The molecule has 1 amide bonds. The van der Waals surface area contributed by atoms with Gasteiger partial charge in [0.15, 0.2) is 5.82 Å². The molecular formula is C17H13N5O2. The monoisotopic (exact) mass is 319 g/mol. The Morgan fingerprint density at radius 3 is 2.92 bits per heavy atom. The van der Waals surface area contributed by atoms with Crippen LogP contribution in [0.3, 0.4) is 0 Å². The lowest BCUT2D eigenvalue weighted by Crippen LogP contribution is -2.35. The molecule has 0 saturated carbocycles. The summed E-state index contributed by atoms with van der Waals surface area (Å²) in [5.74, 6) is 0.375. The van der Waals surface area contributed by atoms with Gasteiger partial charge in [0.1, 0.15) is 17.7 Å². The number of aldehydes is 1. The number of nitrogens with one attached hydrogen (secondary N) is 1. The molecule has 1 N–H and O–H groups in total. The molecule has 0 fully saturated rings. The van der Waals surface area contributed by atoms with E-state index in [1.54, 1.807) is 41.2 Å². The van der Waals surface area contributed by atoms with E-state index in [1.807, 2.05) is 6.07 Å². The van der Waals surface area contributed by atoms with Gasteiger partial charge in [0.2, 0.25) is 0 Å². The van der Waals surface area contributed by atoms with Crippen LogP contribution in [0.2, 0.25) is 0 Å². The fraction of sp³-hybridized carbons (Fsp3) is 0.118. The first kappa shape index (κ1) is 14.3. The van der Waals surface area contributed by atoms with Crippen molar-refractivity contribution in [3.8, 4) is 22.8 Å². The lowest BCUT2D eigenvalue weighted by molar-refractivity contribution is 0.0924. The van der Waals surface area contributed by atoms with Gasteiger partial charge >= 0.3 is 0 Å². The Hall–Kier alpha value is -3.35. The lowest BCUT2D eigenvalue weighted by Gasteiger charge is -2.13. The number of hydrogen-bond donors (Lipinski definition) is 1. The Bertz CT molecular complexity index is 948. The van der Waals surface area contributed by atoms with Crippen molar-refractivity contribution >= 4 is 12.2 Å². The molecular weight excluding hydrogens is 306 g/mol. The summed E-state index contributed by atoms with van der Waals surface area (Å²) < 4.78 is 1.68. The molecule has 1 aliphatic rings. The Labute approximate surface area is 137 Å². The molecule has 24 heavy (non-hydrogen) atoms. The number of aromatic nitrogens is 4. The fourth-order valence-electron chi connectivity index (χ4n) is 2.65. The number of carbonyl (C=O) groups excluding carboxylic acids is 2. The average Bonchev–Trinajstić information content (AvgIpc) is 3.08. The maximum absolute atomic E-state index is 11.9. The van der Waals surface area contributed by atoms with E-state index in [1.165, 1.54) is 0 Å². The first-order valence-electron chi connectivity index (χ1n) is 7.50. The molecule has 3 heterocycles. The summed E-state index contributed by atoms with van der Waals surface area (Å²) in [7, 11) is 0. The highest BCUT2D eigenvalue weighted by Crippen LogP contribution is 2.22. The summed E-state index contributed by atoms with van der Waals surface area (Å²) in [6.45, 7) is 1.21. The molecule has 0 atom stereocenters. The molecule has 7 nitrogen and oxygen atoms in total. The quantitative estimate of drug-likeness (QED) is 0.740. The van der Waals surface area contributed by atoms with Gasteiger partial charge in [-0.3, -0.25) is 14.3 Å². The molecule has 3 aromatic rings. The van der Waals surface area contributed by atoms with Crippen LogP contribution < -0.4 is 5.32 Å². The van der Waals surface area contributed by atoms with Gasteiger partial charge in [-0.25, -0.2) is 9.97 Å². The zero-order valence-electron chi connectivity index (χ0n) is 12.6. The van der Waals surface area contributed by atoms with Crippen molar-refractivity contribution < 1.29 is 9.59 Å². The highest BCUT2D eigenvalue weighted by molar-refractivity contribution is 5.94. The van der Waals surface area contributed by atoms with Crippen molar-refractivity contribution in [2.24, 2.45) is 0 Å². The first-order valence-corrected chi connectivity index (χ1v) is 7.50. The Kier molecular flexibility index (Phi) is 3.38. The number of rotatable bonds is 3. The van der Waals surface area contributed by atoms with E-state index < -0.39 is 0 Å². The van der Waals surface area contributed by atoms with Crippen molar-refractivity contribution in [3.05, 3.63) is 53.9 Å². The van der Waals surface area contributed by atoms with E-state index >= 15 is 0 Å². The summed E-state index contributed by atoms with van der Waals surface area (Å²) >= 11 is 0. The summed E-state index contributed by atoms with van der Waals surface area (Å²) in [5, 5.41) is 7.24. The van der Waals surface area contributed by atoms with Gasteiger partial charge in [0.25, 0.3) is 5.91 Å². The first-order chi connectivity index (χ1) is 11.7. The number of fused-ring (bicyclic) bond motifs is 1. The maximum atomic E-state index is 11.9. The number of hydrogen-bond acceptors (Lipinski definition) is 5. The SMILES string of the molecule is O=Cc1cccc(-c2nccc(-c3cc4n(n3)CCNC4=O)n2)c1. The zero-order valence-corrected chi connectivity index (χ0v) is 12.6. The van der Waals surface area contributed by atoms with Gasteiger partial charge in [-0.2, -0.15) is 5.10 Å². The average molecular weight is 319 g/mol. The van der Waals surface area contributed by atoms with E-state index in [0.29, 0.717) is 41.6 Å². The third-order valence-corrected chi connectivity index (χ3v) is 3.82. The van der Waals surface area contributed by atoms with Gasteiger partial charge < -0.3 is 5.32 Å². The van der Waals surface area contributed by atoms with Crippen LogP contribution in [-0.4, -0.2) is 38.5 Å². The lowest BCUT2D eigenvalue weighted by atomic mass is 10.1. The van der Waals surface area contributed by atoms with Crippen molar-refractivity contribution in [3.63, 3.8) is 0 Å². The Balaban J connectivity index is 1.75. The van der Waals surface area contributed by atoms with Gasteiger partial charge in [0.05, 0.1) is 12.2 Å². The van der Waals surface area contributed by atoms with Crippen LogP contribution in [0.25, 0.3) is 22.8 Å². The van der Waals surface area contributed by atoms with Crippen LogP contribution >= 0.6 is 0 Å². The van der Waals surface area contributed by atoms with E-state index in [0.717, 1.165) is 11.8 Å². The predicted molar refractivity (Wildman–Crippen MR) is 86.4 cm³/mol. The molecule has 0 radical (unpaired) electrons. The van der Waals surface area contributed by atoms with Crippen molar-refractivity contribution in [2.75, 3.05) is 6.54 Å². The third kappa shape index (κ3) is 2.45.